The average Bonchev–Trinajstić information content (AvgIpc) is 2.46. The topological polar surface area (TPSA) is 51.2 Å². The molecule has 0 bridgehead atoms. The maximum Gasteiger partial charge on any atom is 0.416 e. The summed E-state index contributed by atoms with van der Waals surface area (Å²) in [5.41, 5.74) is -1.44. The summed E-state index contributed by atoms with van der Waals surface area (Å²) in [5.74, 6) is 0. The molecule has 110 valence electrons. The number of rotatable bonds is 3. The van der Waals surface area contributed by atoms with Crippen molar-refractivity contribution in [1.82, 2.24) is 0 Å². The Morgan fingerprint density at radius 2 is 1.57 bits per heavy atom. The molecule has 3 nitrogen and oxygen atoms in total. The largest absolute Gasteiger partial charge is 0.416 e. The van der Waals surface area contributed by atoms with Crippen LogP contribution in [0.1, 0.15) is 15.9 Å². The zero-order chi connectivity index (χ0) is 15.7. The number of carbonyl (C=O) groups is 1. The summed E-state index contributed by atoms with van der Waals surface area (Å²) >= 11 is 0. The van der Waals surface area contributed by atoms with Gasteiger partial charge in [0.25, 0.3) is 0 Å². The Kier molecular flexibility index (Phi) is 3.87. The van der Waals surface area contributed by atoms with Crippen molar-refractivity contribution in [1.29, 1.82) is 0 Å². The van der Waals surface area contributed by atoms with Crippen molar-refractivity contribution in [2.75, 3.05) is 0 Å². The molecule has 2 rings (SSSR count). The second-order valence-corrected chi connectivity index (χ2v) is 6.10. The second kappa shape index (κ2) is 5.33. The third-order valence-electron chi connectivity index (χ3n) is 2.81. The van der Waals surface area contributed by atoms with E-state index in [1.54, 1.807) is 6.07 Å². The second-order valence-electron chi connectivity index (χ2n) is 4.18. The van der Waals surface area contributed by atoms with Crippen LogP contribution in [-0.4, -0.2) is 14.7 Å². The van der Waals surface area contributed by atoms with E-state index in [0.29, 0.717) is 12.1 Å². The molecule has 0 aliphatic rings. The lowest BCUT2D eigenvalue weighted by Crippen LogP contribution is -2.10. The van der Waals surface area contributed by atoms with Gasteiger partial charge in [-0.2, -0.15) is 13.2 Å². The van der Waals surface area contributed by atoms with Crippen molar-refractivity contribution in [2.24, 2.45) is 0 Å². The highest BCUT2D eigenvalue weighted by atomic mass is 32.2. The van der Waals surface area contributed by atoms with Gasteiger partial charge in [-0.1, -0.05) is 18.2 Å². The average molecular weight is 314 g/mol. The predicted octanol–water partition coefficient (Wildman–Crippen LogP) is 3.35. The highest BCUT2D eigenvalue weighted by Gasteiger charge is 2.33. The number of alkyl halides is 3. The monoisotopic (exact) mass is 314 g/mol. The molecule has 2 aromatic carbocycles. The SMILES string of the molecule is O=Cc1ccc(C(F)(F)F)cc1S(=O)(=O)c1ccccc1. The summed E-state index contributed by atoms with van der Waals surface area (Å²) in [6.45, 7) is 0. The first-order valence-corrected chi connectivity index (χ1v) is 7.21. The fourth-order valence-corrected chi connectivity index (χ4v) is 3.25. The number of halogens is 3. The van der Waals surface area contributed by atoms with Crippen LogP contribution in [0.5, 0.6) is 0 Å². The third kappa shape index (κ3) is 2.97. The van der Waals surface area contributed by atoms with Gasteiger partial charge in [0.15, 0.2) is 6.29 Å². The van der Waals surface area contributed by atoms with Gasteiger partial charge in [0, 0.05) is 5.56 Å². The maximum atomic E-state index is 12.7. The molecule has 0 amide bonds. The molecule has 0 atom stereocenters. The van der Waals surface area contributed by atoms with Gasteiger partial charge in [0.2, 0.25) is 9.84 Å². The van der Waals surface area contributed by atoms with Gasteiger partial charge in [-0.05, 0) is 30.3 Å². The van der Waals surface area contributed by atoms with Crippen LogP contribution < -0.4 is 0 Å². The zero-order valence-corrected chi connectivity index (χ0v) is 11.3. The van der Waals surface area contributed by atoms with Crippen LogP contribution >= 0.6 is 0 Å². The Morgan fingerprint density at radius 1 is 0.952 bits per heavy atom. The summed E-state index contributed by atoms with van der Waals surface area (Å²) in [6, 6.07) is 8.98. The molecular weight excluding hydrogens is 305 g/mol. The van der Waals surface area contributed by atoms with Crippen LogP contribution in [0, 0.1) is 0 Å². The first kappa shape index (κ1) is 15.2. The van der Waals surface area contributed by atoms with E-state index in [4.69, 9.17) is 0 Å². The van der Waals surface area contributed by atoms with E-state index in [1.807, 2.05) is 0 Å². The first-order valence-electron chi connectivity index (χ1n) is 5.73. The Bertz CT molecular complexity index is 766. The van der Waals surface area contributed by atoms with Crippen molar-refractivity contribution >= 4 is 16.1 Å². The molecule has 2 aromatic rings. The van der Waals surface area contributed by atoms with E-state index in [9.17, 15) is 26.4 Å². The van der Waals surface area contributed by atoms with Crippen LogP contribution in [0.25, 0.3) is 0 Å². The van der Waals surface area contributed by atoms with Crippen LogP contribution in [0.3, 0.4) is 0 Å². The quantitative estimate of drug-likeness (QED) is 0.816. The predicted molar refractivity (Wildman–Crippen MR) is 68.7 cm³/mol. The molecule has 0 spiro atoms. The molecule has 0 aliphatic heterocycles. The van der Waals surface area contributed by atoms with Gasteiger partial charge >= 0.3 is 6.18 Å². The summed E-state index contributed by atoms with van der Waals surface area (Å²) in [7, 11) is -4.20. The first-order chi connectivity index (χ1) is 9.76. The van der Waals surface area contributed by atoms with Gasteiger partial charge < -0.3 is 0 Å². The molecule has 0 fully saturated rings. The summed E-state index contributed by atoms with van der Waals surface area (Å²) in [4.78, 5) is 10.1. The fraction of sp³-hybridized carbons (Fsp3) is 0.0714. The van der Waals surface area contributed by atoms with E-state index >= 15 is 0 Å². The third-order valence-corrected chi connectivity index (χ3v) is 4.64. The molecule has 7 heteroatoms. The maximum absolute atomic E-state index is 12.7. The molecule has 0 aromatic heterocycles. The Labute approximate surface area is 119 Å². The summed E-state index contributed by atoms with van der Waals surface area (Å²) in [6.07, 6.45) is -4.47. The Balaban J connectivity index is 2.70. The van der Waals surface area contributed by atoms with E-state index in [1.165, 1.54) is 24.3 Å². The van der Waals surface area contributed by atoms with Crippen LogP contribution in [0.4, 0.5) is 13.2 Å². The number of hydrogen-bond acceptors (Lipinski definition) is 3. The van der Waals surface area contributed by atoms with Gasteiger partial charge in [-0.15, -0.1) is 0 Å². The molecule has 0 N–H and O–H groups in total. The minimum Gasteiger partial charge on any atom is -0.298 e. The number of carbonyl (C=O) groups excluding carboxylic acids is 1. The van der Waals surface area contributed by atoms with E-state index in [2.05, 4.69) is 0 Å². The molecule has 0 heterocycles. The molecule has 21 heavy (non-hydrogen) atoms. The highest BCUT2D eigenvalue weighted by Crippen LogP contribution is 2.33. The number of aldehydes is 1. The number of sulfone groups is 1. The number of hydrogen-bond donors (Lipinski definition) is 0. The van der Waals surface area contributed by atoms with Crippen LogP contribution in [-0.2, 0) is 16.0 Å². The molecule has 0 aliphatic carbocycles. The van der Waals surface area contributed by atoms with Crippen LogP contribution in [0.15, 0.2) is 58.3 Å². The molecule has 0 saturated heterocycles. The Morgan fingerprint density at radius 3 is 2.10 bits per heavy atom. The smallest absolute Gasteiger partial charge is 0.298 e. The van der Waals surface area contributed by atoms with Gasteiger partial charge in [0.05, 0.1) is 15.4 Å². The van der Waals surface area contributed by atoms with Gasteiger partial charge in [0.1, 0.15) is 0 Å². The van der Waals surface area contributed by atoms with Crippen molar-refractivity contribution in [2.45, 2.75) is 16.0 Å². The lowest BCUT2D eigenvalue weighted by Gasteiger charge is -2.11. The highest BCUT2D eigenvalue weighted by molar-refractivity contribution is 7.91. The lowest BCUT2D eigenvalue weighted by molar-refractivity contribution is -0.137. The fourth-order valence-electron chi connectivity index (χ4n) is 1.77. The molecular formula is C14H9F3O3S. The standard InChI is InChI=1S/C14H9F3O3S/c15-14(16,17)11-7-6-10(9-18)13(8-11)21(19,20)12-4-2-1-3-5-12/h1-9H. The summed E-state index contributed by atoms with van der Waals surface area (Å²) in [5, 5.41) is 0. The van der Waals surface area contributed by atoms with Crippen molar-refractivity contribution in [3.63, 3.8) is 0 Å². The van der Waals surface area contributed by atoms with Crippen molar-refractivity contribution in [3.8, 4) is 0 Å². The molecule has 0 saturated carbocycles. The minimum absolute atomic E-state index is 0.174. The van der Waals surface area contributed by atoms with E-state index in [-0.39, 0.29) is 16.7 Å². The van der Waals surface area contributed by atoms with Crippen molar-refractivity contribution in [3.05, 3.63) is 59.7 Å². The lowest BCUT2D eigenvalue weighted by atomic mass is 10.1. The Hall–Kier alpha value is -2.15. The normalized spacial score (nSPS) is 12.1. The van der Waals surface area contributed by atoms with E-state index in [0.717, 1.165) is 6.07 Å². The van der Waals surface area contributed by atoms with Crippen molar-refractivity contribution < 1.29 is 26.4 Å². The van der Waals surface area contributed by atoms with E-state index < -0.39 is 26.5 Å². The van der Waals surface area contributed by atoms with Gasteiger partial charge in [-0.25, -0.2) is 8.42 Å². The number of benzene rings is 2. The van der Waals surface area contributed by atoms with Crippen LogP contribution in [0.2, 0.25) is 0 Å². The molecule has 0 radical (unpaired) electrons. The zero-order valence-electron chi connectivity index (χ0n) is 10.5. The van der Waals surface area contributed by atoms with Gasteiger partial charge in [-0.3, -0.25) is 4.79 Å². The minimum atomic E-state index is -4.69. The summed E-state index contributed by atoms with van der Waals surface area (Å²) < 4.78 is 62.9. The molecule has 0 unspecified atom stereocenters.